The number of ether oxygens (including phenoxy) is 3. The van der Waals surface area contributed by atoms with Gasteiger partial charge in [0.15, 0.2) is 5.78 Å². The number of Topliss-reactive ketones (excluding diaryl/α,β-unsaturated/α-hetero) is 1. The van der Waals surface area contributed by atoms with Gasteiger partial charge in [-0.2, -0.15) is 11.8 Å². The summed E-state index contributed by atoms with van der Waals surface area (Å²) in [7, 11) is 1.43. The maximum absolute atomic E-state index is 12.8. The van der Waals surface area contributed by atoms with Gasteiger partial charge in [-0.15, -0.1) is 0 Å². The van der Waals surface area contributed by atoms with E-state index in [0.717, 1.165) is 0 Å². The van der Waals surface area contributed by atoms with Crippen molar-refractivity contribution in [1.29, 1.82) is 0 Å². The van der Waals surface area contributed by atoms with Crippen LogP contribution in [0, 0.1) is 0 Å². The van der Waals surface area contributed by atoms with Gasteiger partial charge in [-0.3, -0.25) is 4.79 Å². The Labute approximate surface area is 173 Å². The number of thioether (sulfide) groups is 1. The quantitative estimate of drug-likeness (QED) is 0.477. The zero-order valence-corrected chi connectivity index (χ0v) is 17.3. The van der Waals surface area contributed by atoms with Crippen LogP contribution in [0.25, 0.3) is 0 Å². The number of rotatable bonds is 2. The van der Waals surface area contributed by atoms with Crippen molar-refractivity contribution in [3.05, 3.63) is 23.3 Å². The number of hydrogen-bond acceptors (Lipinski definition) is 9. The van der Waals surface area contributed by atoms with Crippen LogP contribution < -0.4 is 4.74 Å². The number of fused-ring (bicyclic) bond motifs is 3. The SMILES string of the molecule is COc1cc(O)c2c(c1)[C@H]1O[C@@H]1C[C@H](O)[C@H](O)C(=O)CC(SC)C[C@H](C)OC2=O. The standard InChI is InChI=1S/C20H26O8S/c1-9-4-11(29-3)7-14(22)18(24)15(23)8-16-19(28-16)12-5-10(26-2)6-13(21)17(12)20(25)27-9/h5-6,9,11,15-16,18-19,21,23-24H,4,7-8H2,1-3H3/t9-,11?,15-,16+,18+,19+/m0/s1. The first kappa shape index (κ1) is 21.9. The Morgan fingerprint density at radius 3 is 2.59 bits per heavy atom. The van der Waals surface area contributed by atoms with Crippen LogP contribution in [-0.2, 0) is 14.3 Å². The molecule has 3 rings (SSSR count). The largest absolute Gasteiger partial charge is 0.507 e. The number of epoxide rings is 1. The lowest BCUT2D eigenvalue weighted by molar-refractivity contribution is -0.133. The van der Waals surface area contributed by atoms with Gasteiger partial charge in [0.2, 0.25) is 0 Å². The molecule has 0 aromatic heterocycles. The molecule has 0 radical (unpaired) electrons. The van der Waals surface area contributed by atoms with Crippen molar-refractivity contribution in [3.63, 3.8) is 0 Å². The molecule has 0 saturated carbocycles. The molecule has 9 heteroatoms. The number of phenols is 1. The van der Waals surface area contributed by atoms with Gasteiger partial charge in [0, 0.05) is 29.7 Å². The molecular formula is C20H26O8S. The summed E-state index contributed by atoms with van der Waals surface area (Å²) in [6.07, 6.45) is -2.13. The number of esters is 1. The predicted molar refractivity (Wildman–Crippen MR) is 105 cm³/mol. The Hall–Kier alpha value is -1.81. The van der Waals surface area contributed by atoms with E-state index < -0.39 is 42.3 Å². The third-order valence-electron chi connectivity index (χ3n) is 5.28. The average molecular weight is 426 g/mol. The summed E-state index contributed by atoms with van der Waals surface area (Å²) < 4.78 is 16.3. The molecule has 3 N–H and O–H groups in total. The number of aliphatic hydroxyl groups excluding tert-OH is 2. The fourth-order valence-corrected chi connectivity index (χ4v) is 4.43. The van der Waals surface area contributed by atoms with Gasteiger partial charge in [0.25, 0.3) is 0 Å². The first-order chi connectivity index (χ1) is 13.7. The minimum absolute atomic E-state index is 0.00553. The van der Waals surface area contributed by atoms with Crippen molar-refractivity contribution in [1.82, 2.24) is 0 Å². The van der Waals surface area contributed by atoms with E-state index in [9.17, 15) is 24.9 Å². The summed E-state index contributed by atoms with van der Waals surface area (Å²) in [5.74, 6) is -1.08. The van der Waals surface area contributed by atoms with Crippen molar-refractivity contribution in [3.8, 4) is 11.5 Å². The maximum atomic E-state index is 12.8. The molecule has 0 aliphatic carbocycles. The molecule has 0 spiro atoms. The fraction of sp³-hybridized carbons (Fsp3) is 0.600. The second-order valence-electron chi connectivity index (χ2n) is 7.43. The van der Waals surface area contributed by atoms with Crippen LogP contribution in [-0.4, -0.2) is 70.1 Å². The molecule has 160 valence electrons. The highest BCUT2D eigenvalue weighted by atomic mass is 32.2. The summed E-state index contributed by atoms with van der Waals surface area (Å²) in [5.41, 5.74) is 0.379. The van der Waals surface area contributed by atoms with E-state index >= 15 is 0 Å². The summed E-state index contributed by atoms with van der Waals surface area (Å²) in [4.78, 5) is 25.2. The smallest absolute Gasteiger partial charge is 0.342 e. The lowest BCUT2D eigenvalue weighted by atomic mass is 9.95. The highest BCUT2D eigenvalue weighted by Gasteiger charge is 2.46. The first-order valence-corrected chi connectivity index (χ1v) is 10.7. The summed E-state index contributed by atoms with van der Waals surface area (Å²) in [5, 5.41) is 30.8. The number of aromatic hydroxyl groups is 1. The van der Waals surface area contributed by atoms with E-state index in [1.54, 1.807) is 13.0 Å². The molecule has 29 heavy (non-hydrogen) atoms. The monoisotopic (exact) mass is 426 g/mol. The highest BCUT2D eigenvalue weighted by molar-refractivity contribution is 7.99. The van der Waals surface area contributed by atoms with E-state index in [1.165, 1.54) is 24.9 Å². The Morgan fingerprint density at radius 1 is 1.21 bits per heavy atom. The minimum atomic E-state index is -1.51. The molecule has 2 heterocycles. The Kier molecular flexibility index (Phi) is 6.72. The zero-order chi connectivity index (χ0) is 21.3. The number of aliphatic hydroxyl groups is 2. The second-order valence-corrected chi connectivity index (χ2v) is 8.57. The first-order valence-electron chi connectivity index (χ1n) is 9.44. The van der Waals surface area contributed by atoms with E-state index in [1.807, 2.05) is 6.26 Å². The normalized spacial score (nSPS) is 33.1. The van der Waals surface area contributed by atoms with Crippen LogP contribution >= 0.6 is 11.8 Å². The van der Waals surface area contributed by atoms with Gasteiger partial charge in [-0.25, -0.2) is 4.79 Å². The second kappa shape index (κ2) is 8.91. The molecule has 1 aromatic rings. The van der Waals surface area contributed by atoms with Crippen molar-refractivity contribution in [2.75, 3.05) is 13.4 Å². The molecule has 2 aliphatic heterocycles. The van der Waals surface area contributed by atoms with Crippen molar-refractivity contribution < 1.29 is 39.1 Å². The molecule has 8 nitrogen and oxygen atoms in total. The molecule has 1 saturated heterocycles. The number of methoxy groups -OCH3 is 1. The number of phenolic OH excluding ortho intramolecular Hbond substituents is 1. The number of hydrogen-bond donors (Lipinski definition) is 3. The van der Waals surface area contributed by atoms with Gasteiger partial charge < -0.3 is 29.5 Å². The molecule has 6 atom stereocenters. The number of cyclic esters (lactones) is 1. The minimum Gasteiger partial charge on any atom is -0.507 e. The van der Waals surface area contributed by atoms with Crippen LogP contribution in [0.2, 0.25) is 0 Å². The van der Waals surface area contributed by atoms with E-state index in [4.69, 9.17) is 14.2 Å². The number of carbonyl (C=O) groups excluding carboxylic acids is 2. The van der Waals surface area contributed by atoms with Crippen LogP contribution in [0.3, 0.4) is 0 Å². The van der Waals surface area contributed by atoms with Gasteiger partial charge in [0.1, 0.15) is 35.4 Å². The Morgan fingerprint density at radius 2 is 1.93 bits per heavy atom. The van der Waals surface area contributed by atoms with Crippen molar-refractivity contribution in [2.45, 2.75) is 62.0 Å². The lowest BCUT2D eigenvalue weighted by Gasteiger charge is -2.23. The van der Waals surface area contributed by atoms with E-state index in [0.29, 0.717) is 17.7 Å². The van der Waals surface area contributed by atoms with E-state index in [2.05, 4.69) is 0 Å². The van der Waals surface area contributed by atoms with Crippen molar-refractivity contribution in [2.24, 2.45) is 0 Å². The molecule has 1 unspecified atom stereocenters. The number of ketones is 1. The van der Waals surface area contributed by atoms with Gasteiger partial charge >= 0.3 is 5.97 Å². The molecule has 1 aromatic carbocycles. The van der Waals surface area contributed by atoms with Crippen LogP contribution in [0.15, 0.2) is 12.1 Å². The summed E-state index contributed by atoms with van der Waals surface area (Å²) in [6.45, 7) is 1.71. The topological polar surface area (TPSA) is 126 Å². The number of carbonyl (C=O) groups is 2. The molecule has 2 aliphatic rings. The predicted octanol–water partition coefficient (Wildman–Crippen LogP) is 1.59. The van der Waals surface area contributed by atoms with E-state index in [-0.39, 0.29) is 29.4 Å². The lowest BCUT2D eigenvalue weighted by Crippen LogP contribution is -2.37. The molecule has 0 bridgehead atoms. The van der Waals surface area contributed by atoms with Crippen LogP contribution in [0.1, 0.15) is 48.2 Å². The molecule has 1 fully saturated rings. The van der Waals surface area contributed by atoms with Crippen LogP contribution in [0.5, 0.6) is 11.5 Å². The fourth-order valence-electron chi connectivity index (χ4n) is 3.63. The third-order valence-corrected chi connectivity index (χ3v) is 6.31. The number of benzene rings is 1. The van der Waals surface area contributed by atoms with Gasteiger partial charge in [0.05, 0.1) is 19.3 Å². The molecular weight excluding hydrogens is 400 g/mol. The Balaban J connectivity index is 1.97. The maximum Gasteiger partial charge on any atom is 0.342 e. The van der Waals surface area contributed by atoms with Gasteiger partial charge in [-0.05, 0) is 25.7 Å². The summed E-state index contributed by atoms with van der Waals surface area (Å²) in [6, 6.07) is 2.91. The summed E-state index contributed by atoms with van der Waals surface area (Å²) >= 11 is 1.42. The highest BCUT2D eigenvalue weighted by Crippen LogP contribution is 2.46. The van der Waals surface area contributed by atoms with Crippen LogP contribution in [0.4, 0.5) is 0 Å². The average Bonchev–Trinajstić information content (AvgIpc) is 3.43. The van der Waals surface area contributed by atoms with Crippen molar-refractivity contribution >= 4 is 23.5 Å². The Bertz CT molecular complexity index is 782. The van der Waals surface area contributed by atoms with Gasteiger partial charge in [-0.1, -0.05) is 0 Å². The zero-order valence-electron chi connectivity index (χ0n) is 16.5. The third kappa shape index (κ3) is 4.85. The molecule has 0 amide bonds.